The number of fused-ring (bicyclic) bond motifs is 1. The van der Waals surface area contributed by atoms with Gasteiger partial charge in [-0.1, -0.05) is 11.6 Å². The summed E-state index contributed by atoms with van der Waals surface area (Å²) in [5, 5.41) is 5.31. The van der Waals surface area contributed by atoms with E-state index in [2.05, 4.69) is 20.9 Å². The second-order valence-electron chi connectivity index (χ2n) is 7.68. The van der Waals surface area contributed by atoms with E-state index < -0.39 is 11.8 Å². The Balaban J connectivity index is 1.81. The molecule has 4 rings (SSSR count). The van der Waals surface area contributed by atoms with Crippen LogP contribution < -0.4 is 4.90 Å². The van der Waals surface area contributed by atoms with Crippen LogP contribution in [0.4, 0.5) is 10.1 Å². The van der Waals surface area contributed by atoms with Crippen LogP contribution in [-0.4, -0.2) is 41.9 Å². The van der Waals surface area contributed by atoms with E-state index in [4.69, 9.17) is 11.6 Å². The van der Waals surface area contributed by atoms with Crippen LogP contribution >= 0.6 is 11.6 Å². The molecule has 2 aromatic heterocycles. The summed E-state index contributed by atoms with van der Waals surface area (Å²) < 4.78 is 21.4. The van der Waals surface area contributed by atoms with E-state index in [1.165, 1.54) is 19.2 Å². The van der Waals surface area contributed by atoms with Crippen LogP contribution in [0.25, 0.3) is 22.3 Å². The summed E-state index contributed by atoms with van der Waals surface area (Å²) >= 11 is 6.60. The van der Waals surface area contributed by atoms with Crippen LogP contribution in [-0.2, 0) is 11.3 Å². The van der Waals surface area contributed by atoms with Crippen molar-refractivity contribution in [2.45, 2.75) is 13.5 Å². The highest BCUT2D eigenvalue weighted by atomic mass is 35.5. The van der Waals surface area contributed by atoms with Crippen LogP contribution in [0.2, 0.25) is 5.02 Å². The van der Waals surface area contributed by atoms with E-state index in [0.717, 1.165) is 28.4 Å². The van der Waals surface area contributed by atoms with E-state index in [1.807, 2.05) is 44.1 Å². The summed E-state index contributed by atoms with van der Waals surface area (Å²) in [6.07, 6.45) is 1.64. The number of hydrogen-bond acceptors (Lipinski definition) is 5. The fourth-order valence-corrected chi connectivity index (χ4v) is 3.95. The molecule has 0 saturated carbocycles. The van der Waals surface area contributed by atoms with Gasteiger partial charge < -0.3 is 9.64 Å². The smallest absolute Gasteiger partial charge is 0.337 e. The Morgan fingerprint density at radius 2 is 2.00 bits per heavy atom. The highest BCUT2D eigenvalue weighted by Gasteiger charge is 2.19. The van der Waals surface area contributed by atoms with Crippen molar-refractivity contribution in [3.8, 4) is 11.3 Å². The molecule has 0 radical (unpaired) electrons. The molecular formula is C24H22ClFN4O2. The molecule has 4 aromatic rings. The van der Waals surface area contributed by atoms with E-state index in [1.54, 1.807) is 10.9 Å². The van der Waals surface area contributed by atoms with Crippen molar-refractivity contribution in [1.29, 1.82) is 0 Å². The average molecular weight is 453 g/mol. The molecule has 0 fully saturated rings. The van der Waals surface area contributed by atoms with Crippen LogP contribution in [0.1, 0.15) is 21.5 Å². The van der Waals surface area contributed by atoms with E-state index in [0.29, 0.717) is 22.8 Å². The van der Waals surface area contributed by atoms with Crippen LogP contribution in [0, 0.1) is 12.7 Å². The Morgan fingerprint density at radius 1 is 1.22 bits per heavy atom. The zero-order valence-corrected chi connectivity index (χ0v) is 18.9. The van der Waals surface area contributed by atoms with Crippen molar-refractivity contribution < 1.29 is 13.9 Å². The average Bonchev–Trinajstić information content (AvgIpc) is 3.13. The second-order valence-corrected chi connectivity index (χ2v) is 8.09. The second kappa shape index (κ2) is 8.59. The van der Waals surface area contributed by atoms with Gasteiger partial charge in [-0.3, -0.25) is 9.67 Å². The predicted octanol–water partition coefficient (Wildman–Crippen LogP) is 5.10. The maximum atomic E-state index is 14.9. The number of methoxy groups -OCH3 is 1. The normalized spacial score (nSPS) is 11.1. The molecule has 0 spiro atoms. The molecule has 8 heteroatoms. The first-order chi connectivity index (χ1) is 15.3. The number of carbonyl (C=O) groups is 1. The molecule has 6 nitrogen and oxygen atoms in total. The van der Waals surface area contributed by atoms with Gasteiger partial charge >= 0.3 is 5.97 Å². The van der Waals surface area contributed by atoms with E-state index in [9.17, 15) is 9.18 Å². The first kappa shape index (κ1) is 21.8. The van der Waals surface area contributed by atoms with Crippen molar-refractivity contribution in [2.75, 3.05) is 26.1 Å². The molecular weight excluding hydrogens is 431 g/mol. The number of pyridine rings is 1. The van der Waals surface area contributed by atoms with Crippen molar-refractivity contribution in [1.82, 2.24) is 14.8 Å². The molecule has 0 N–H and O–H groups in total. The fraction of sp³-hybridized carbons (Fsp3) is 0.208. The highest BCUT2D eigenvalue weighted by molar-refractivity contribution is 6.31. The Bertz CT molecular complexity index is 1310. The van der Waals surface area contributed by atoms with Gasteiger partial charge in [-0.15, -0.1) is 0 Å². The van der Waals surface area contributed by atoms with Crippen LogP contribution in [0.3, 0.4) is 0 Å². The Labute approximate surface area is 190 Å². The molecule has 0 aliphatic heterocycles. The number of benzene rings is 2. The molecule has 0 saturated heterocycles. The van der Waals surface area contributed by atoms with Crippen molar-refractivity contribution >= 4 is 34.3 Å². The van der Waals surface area contributed by atoms with Gasteiger partial charge in [0, 0.05) is 36.6 Å². The minimum atomic E-state index is -0.602. The number of aromatic nitrogens is 3. The van der Waals surface area contributed by atoms with Gasteiger partial charge in [-0.25, -0.2) is 9.18 Å². The lowest BCUT2D eigenvalue weighted by Crippen LogP contribution is -2.10. The fourth-order valence-electron chi connectivity index (χ4n) is 3.63. The number of halogens is 2. The Kier molecular flexibility index (Phi) is 5.84. The number of hydrogen-bond donors (Lipinski definition) is 0. The van der Waals surface area contributed by atoms with Gasteiger partial charge in [0.2, 0.25) is 0 Å². The minimum Gasteiger partial charge on any atom is -0.465 e. The standard InChI is InChI=1S/C24H22ClFN4O2/c1-14-10-16(29(2)3)12-19(25)18(14)13-30-21-6-5-9-27-23(21)22(28-30)17-8-7-15(11-20(17)26)24(31)32-4/h5-12H,13H2,1-4H3. The first-order valence-corrected chi connectivity index (χ1v) is 10.3. The summed E-state index contributed by atoms with van der Waals surface area (Å²) in [5.74, 6) is -1.18. The highest BCUT2D eigenvalue weighted by Crippen LogP contribution is 2.32. The predicted molar refractivity (Wildman–Crippen MR) is 124 cm³/mol. The zero-order valence-electron chi connectivity index (χ0n) is 18.2. The summed E-state index contributed by atoms with van der Waals surface area (Å²) in [5.41, 5.74) is 5.08. The number of rotatable bonds is 5. The van der Waals surface area contributed by atoms with Gasteiger partial charge in [0.25, 0.3) is 0 Å². The third-order valence-corrected chi connectivity index (χ3v) is 5.72. The van der Waals surface area contributed by atoms with Gasteiger partial charge in [-0.2, -0.15) is 5.10 Å². The number of aryl methyl sites for hydroxylation is 1. The molecule has 0 bridgehead atoms. The van der Waals surface area contributed by atoms with Gasteiger partial charge in [0.15, 0.2) is 0 Å². The van der Waals surface area contributed by atoms with E-state index in [-0.39, 0.29) is 11.1 Å². The monoisotopic (exact) mass is 452 g/mol. The number of ether oxygens (including phenoxy) is 1. The van der Waals surface area contributed by atoms with E-state index >= 15 is 0 Å². The molecule has 0 aliphatic rings. The maximum Gasteiger partial charge on any atom is 0.337 e. The third-order valence-electron chi connectivity index (χ3n) is 5.38. The number of anilines is 1. The van der Waals surface area contributed by atoms with Crippen LogP contribution in [0.15, 0.2) is 48.7 Å². The molecule has 0 unspecified atom stereocenters. The topological polar surface area (TPSA) is 60.2 Å². The maximum absolute atomic E-state index is 14.9. The van der Waals surface area contributed by atoms with Crippen molar-refractivity contribution in [2.24, 2.45) is 0 Å². The summed E-state index contributed by atoms with van der Waals surface area (Å²) in [6.45, 7) is 2.41. The largest absolute Gasteiger partial charge is 0.465 e. The quantitative estimate of drug-likeness (QED) is 0.394. The van der Waals surface area contributed by atoms with Gasteiger partial charge in [0.05, 0.1) is 24.7 Å². The molecule has 0 atom stereocenters. The van der Waals surface area contributed by atoms with Crippen LogP contribution in [0.5, 0.6) is 0 Å². The summed E-state index contributed by atoms with van der Waals surface area (Å²) in [7, 11) is 5.18. The molecule has 2 aromatic carbocycles. The summed E-state index contributed by atoms with van der Waals surface area (Å²) in [6, 6.07) is 11.9. The van der Waals surface area contributed by atoms with Gasteiger partial charge in [0.1, 0.15) is 17.0 Å². The number of nitrogens with zero attached hydrogens (tertiary/aromatic N) is 4. The molecule has 0 aliphatic carbocycles. The lowest BCUT2D eigenvalue weighted by molar-refractivity contribution is 0.0600. The third kappa shape index (κ3) is 3.91. The molecule has 2 heterocycles. The lowest BCUT2D eigenvalue weighted by atomic mass is 10.1. The molecule has 164 valence electrons. The molecule has 0 amide bonds. The Hall–Kier alpha value is -3.45. The van der Waals surface area contributed by atoms with Gasteiger partial charge in [-0.05, 0) is 60.5 Å². The Morgan fingerprint density at radius 3 is 2.66 bits per heavy atom. The zero-order chi connectivity index (χ0) is 23.0. The van der Waals surface area contributed by atoms with Crippen molar-refractivity contribution in [3.05, 3.63) is 76.2 Å². The molecule has 32 heavy (non-hydrogen) atoms. The summed E-state index contributed by atoms with van der Waals surface area (Å²) in [4.78, 5) is 18.2. The van der Waals surface area contributed by atoms with Crippen molar-refractivity contribution in [3.63, 3.8) is 0 Å². The number of esters is 1. The first-order valence-electron chi connectivity index (χ1n) is 9.96. The lowest BCUT2D eigenvalue weighted by Gasteiger charge is -2.17. The number of carbonyl (C=O) groups excluding carboxylic acids is 1. The SMILES string of the molecule is COC(=O)c1ccc(-c2nn(Cc3c(C)cc(N(C)C)cc3Cl)c3cccnc23)c(F)c1. The minimum absolute atomic E-state index is 0.133.